The summed E-state index contributed by atoms with van der Waals surface area (Å²) in [6, 6.07) is 11.9. The van der Waals surface area contributed by atoms with Gasteiger partial charge in [0.15, 0.2) is 0 Å². The van der Waals surface area contributed by atoms with Crippen molar-refractivity contribution in [3.63, 3.8) is 0 Å². The van der Waals surface area contributed by atoms with Crippen LogP contribution < -0.4 is 10.5 Å². The molecular formula is C20H21FN4O. The predicted molar refractivity (Wildman–Crippen MR) is 101 cm³/mol. The number of nitrogens with zero attached hydrogens (tertiary/aromatic N) is 4. The van der Waals surface area contributed by atoms with Crippen molar-refractivity contribution in [2.75, 3.05) is 38.1 Å². The second-order valence-electron chi connectivity index (χ2n) is 6.73. The average Bonchev–Trinajstić information content (AvgIpc) is 2.65. The highest BCUT2D eigenvalue weighted by molar-refractivity contribution is 5.92. The highest BCUT2D eigenvalue weighted by atomic mass is 19.1. The van der Waals surface area contributed by atoms with E-state index < -0.39 is 0 Å². The zero-order chi connectivity index (χ0) is 18.1. The predicted octanol–water partition coefficient (Wildman–Crippen LogP) is 2.34. The van der Waals surface area contributed by atoms with Crippen molar-refractivity contribution in [2.24, 2.45) is 0 Å². The molecule has 3 aromatic rings. The van der Waals surface area contributed by atoms with Gasteiger partial charge in [-0.2, -0.15) is 0 Å². The lowest BCUT2D eigenvalue weighted by atomic mass is 10.1. The molecule has 1 aliphatic rings. The number of anilines is 1. The first-order valence-corrected chi connectivity index (χ1v) is 8.78. The van der Waals surface area contributed by atoms with Gasteiger partial charge < -0.3 is 14.4 Å². The van der Waals surface area contributed by atoms with Gasteiger partial charge in [0.1, 0.15) is 5.82 Å². The van der Waals surface area contributed by atoms with Crippen molar-refractivity contribution in [3.05, 3.63) is 70.5 Å². The van der Waals surface area contributed by atoms with Crippen LogP contribution in [0, 0.1) is 5.82 Å². The zero-order valence-electron chi connectivity index (χ0n) is 14.7. The van der Waals surface area contributed by atoms with E-state index in [1.165, 1.54) is 12.1 Å². The normalized spacial score (nSPS) is 15.5. The molecule has 0 N–H and O–H groups in total. The minimum Gasteiger partial charge on any atom is -0.368 e. The number of pyridine rings is 2. The summed E-state index contributed by atoms with van der Waals surface area (Å²) >= 11 is 0. The smallest absolute Gasteiger partial charge is 0.253 e. The van der Waals surface area contributed by atoms with Crippen LogP contribution in [0.4, 0.5) is 10.1 Å². The van der Waals surface area contributed by atoms with E-state index >= 15 is 0 Å². The SMILES string of the molecule is CN1CCN(c2cc(=O)n(Cc3ccccn3)c3ccc(F)cc23)CC1. The van der Waals surface area contributed by atoms with Crippen LogP contribution in [-0.4, -0.2) is 47.7 Å². The Morgan fingerprint density at radius 2 is 1.88 bits per heavy atom. The van der Waals surface area contributed by atoms with Gasteiger partial charge >= 0.3 is 0 Å². The fourth-order valence-corrected chi connectivity index (χ4v) is 3.47. The number of fused-ring (bicyclic) bond motifs is 1. The molecule has 4 rings (SSSR count). The molecule has 1 aromatic carbocycles. The molecule has 0 saturated carbocycles. The van der Waals surface area contributed by atoms with Gasteiger partial charge in [-0.05, 0) is 37.4 Å². The van der Waals surface area contributed by atoms with Gasteiger partial charge in [0.2, 0.25) is 0 Å². The number of piperazine rings is 1. The molecule has 6 heteroatoms. The average molecular weight is 352 g/mol. The quantitative estimate of drug-likeness (QED) is 0.726. The highest BCUT2D eigenvalue weighted by Crippen LogP contribution is 2.27. The molecule has 5 nitrogen and oxygen atoms in total. The van der Waals surface area contributed by atoms with Gasteiger partial charge in [-0.3, -0.25) is 9.78 Å². The third-order valence-corrected chi connectivity index (χ3v) is 4.94. The van der Waals surface area contributed by atoms with Crippen LogP contribution in [0.1, 0.15) is 5.69 Å². The molecule has 1 saturated heterocycles. The van der Waals surface area contributed by atoms with Gasteiger partial charge in [0, 0.05) is 43.8 Å². The number of aromatic nitrogens is 2. The summed E-state index contributed by atoms with van der Waals surface area (Å²) in [7, 11) is 2.08. The van der Waals surface area contributed by atoms with E-state index in [0.717, 1.165) is 48.5 Å². The van der Waals surface area contributed by atoms with Gasteiger partial charge in [-0.1, -0.05) is 6.07 Å². The molecule has 3 heterocycles. The lowest BCUT2D eigenvalue weighted by Gasteiger charge is -2.34. The van der Waals surface area contributed by atoms with E-state index in [9.17, 15) is 9.18 Å². The van der Waals surface area contributed by atoms with Gasteiger partial charge in [0.25, 0.3) is 5.56 Å². The summed E-state index contributed by atoms with van der Waals surface area (Å²) in [5.41, 5.74) is 2.25. The summed E-state index contributed by atoms with van der Waals surface area (Å²) in [4.78, 5) is 21.6. The van der Waals surface area contributed by atoms with E-state index in [1.54, 1.807) is 22.9 Å². The molecule has 0 amide bonds. The molecule has 0 atom stereocenters. The zero-order valence-corrected chi connectivity index (χ0v) is 14.7. The molecular weight excluding hydrogens is 331 g/mol. The first-order chi connectivity index (χ1) is 12.6. The maximum absolute atomic E-state index is 14.0. The largest absolute Gasteiger partial charge is 0.368 e. The number of hydrogen-bond acceptors (Lipinski definition) is 4. The van der Waals surface area contributed by atoms with Crippen molar-refractivity contribution in [3.8, 4) is 0 Å². The Kier molecular flexibility index (Phi) is 4.42. The Bertz CT molecular complexity index is 978. The molecule has 0 spiro atoms. The Morgan fingerprint density at radius 1 is 1.08 bits per heavy atom. The second kappa shape index (κ2) is 6.88. The van der Waals surface area contributed by atoms with Crippen LogP contribution in [-0.2, 0) is 6.54 Å². The molecule has 1 fully saturated rings. The summed E-state index contributed by atoms with van der Waals surface area (Å²) in [5.74, 6) is -0.295. The maximum atomic E-state index is 14.0. The van der Waals surface area contributed by atoms with E-state index in [-0.39, 0.29) is 11.4 Å². The topological polar surface area (TPSA) is 41.4 Å². The summed E-state index contributed by atoms with van der Waals surface area (Å²) in [6.45, 7) is 3.87. The molecule has 0 unspecified atom stereocenters. The molecule has 0 aliphatic carbocycles. The summed E-state index contributed by atoms with van der Waals surface area (Å²) < 4.78 is 15.6. The monoisotopic (exact) mass is 352 g/mol. The van der Waals surface area contributed by atoms with Crippen molar-refractivity contribution in [1.29, 1.82) is 0 Å². The number of halogens is 1. The molecule has 0 radical (unpaired) electrons. The lowest BCUT2D eigenvalue weighted by Crippen LogP contribution is -2.45. The maximum Gasteiger partial charge on any atom is 0.253 e. The minimum absolute atomic E-state index is 0.0938. The van der Waals surface area contributed by atoms with Crippen LogP contribution >= 0.6 is 0 Å². The number of benzene rings is 1. The molecule has 134 valence electrons. The Hall–Kier alpha value is -2.73. The molecule has 26 heavy (non-hydrogen) atoms. The molecule has 0 bridgehead atoms. The number of rotatable bonds is 3. The van der Waals surface area contributed by atoms with Gasteiger partial charge in [-0.15, -0.1) is 0 Å². The van der Waals surface area contributed by atoms with Crippen molar-refractivity contribution >= 4 is 16.6 Å². The Morgan fingerprint density at radius 3 is 2.62 bits per heavy atom. The van der Waals surface area contributed by atoms with Crippen LogP contribution in [0.25, 0.3) is 10.9 Å². The highest BCUT2D eigenvalue weighted by Gasteiger charge is 2.19. The van der Waals surface area contributed by atoms with Crippen LogP contribution in [0.15, 0.2) is 53.5 Å². The molecule has 1 aliphatic heterocycles. The van der Waals surface area contributed by atoms with Crippen molar-refractivity contribution in [2.45, 2.75) is 6.54 Å². The van der Waals surface area contributed by atoms with Crippen molar-refractivity contribution in [1.82, 2.24) is 14.5 Å². The third-order valence-electron chi connectivity index (χ3n) is 4.94. The van der Waals surface area contributed by atoms with E-state index in [1.807, 2.05) is 18.2 Å². The third kappa shape index (κ3) is 3.20. The van der Waals surface area contributed by atoms with Crippen LogP contribution in [0.3, 0.4) is 0 Å². The number of hydrogen-bond donors (Lipinski definition) is 0. The standard InChI is InChI=1S/C20H21FN4O/c1-23-8-10-24(11-9-23)19-13-20(26)25(14-16-4-2-3-7-22-16)18-6-5-15(21)12-17(18)19/h2-7,12-13H,8-11,14H2,1H3. The second-order valence-corrected chi connectivity index (χ2v) is 6.73. The van der Waals surface area contributed by atoms with E-state index in [4.69, 9.17) is 0 Å². The minimum atomic E-state index is -0.295. The fourth-order valence-electron chi connectivity index (χ4n) is 3.47. The molecule has 2 aromatic heterocycles. The van der Waals surface area contributed by atoms with Crippen LogP contribution in [0.5, 0.6) is 0 Å². The Labute approximate surface area is 151 Å². The number of likely N-dealkylation sites (N-methyl/N-ethyl adjacent to an activating group) is 1. The van der Waals surface area contributed by atoms with Crippen LogP contribution in [0.2, 0.25) is 0 Å². The van der Waals surface area contributed by atoms with Crippen molar-refractivity contribution < 1.29 is 4.39 Å². The Balaban J connectivity index is 1.83. The van der Waals surface area contributed by atoms with E-state index in [0.29, 0.717) is 6.54 Å². The fraction of sp³-hybridized carbons (Fsp3) is 0.300. The first kappa shape index (κ1) is 16.7. The summed E-state index contributed by atoms with van der Waals surface area (Å²) in [5, 5.41) is 0.769. The van der Waals surface area contributed by atoms with Gasteiger partial charge in [-0.25, -0.2) is 4.39 Å². The van der Waals surface area contributed by atoms with E-state index in [2.05, 4.69) is 21.8 Å². The van der Waals surface area contributed by atoms with Gasteiger partial charge in [0.05, 0.1) is 23.4 Å². The lowest BCUT2D eigenvalue weighted by molar-refractivity contribution is 0.313. The summed E-state index contributed by atoms with van der Waals surface area (Å²) in [6.07, 6.45) is 1.71. The first-order valence-electron chi connectivity index (χ1n) is 8.78.